The van der Waals surface area contributed by atoms with Crippen molar-refractivity contribution in [2.24, 2.45) is 0 Å². The van der Waals surface area contributed by atoms with Gasteiger partial charge in [-0.15, -0.1) is 0 Å². The summed E-state index contributed by atoms with van der Waals surface area (Å²) in [4.78, 5) is 25.7. The zero-order valence-corrected chi connectivity index (χ0v) is 17.0. The zero-order valence-electron chi connectivity index (χ0n) is 16.2. The van der Waals surface area contributed by atoms with Crippen LogP contribution in [0.15, 0.2) is 55.1 Å². The molecule has 0 atom stereocenters. The molecular weight excluding hydrogens is 388 g/mol. The van der Waals surface area contributed by atoms with E-state index in [0.29, 0.717) is 21.8 Å². The fourth-order valence-electron chi connectivity index (χ4n) is 3.30. The van der Waals surface area contributed by atoms with Crippen LogP contribution in [-0.4, -0.2) is 47.0 Å². The lowest BCUT2D eigenvalue weighted by molar-refractivity contribution is 0.0827. The van der Waals surface area contributed by atoms with Gasteiger partial charge in [-0.2, -0.15) is 0 Å². The predicted molar refractivity (Wildman–Crippen MR) is 114 cm³/mol. The van der Waals surface area contributed by atoms with Crippen molar-refractivity contribution in [3.8, 4) is 28.0 Å². The van der Waals surface area contributed by atoms with Crippen LogP contribution in [0.25, 0.3) is 33.3 Å². The lowest BCUT2D eigenvalue weighted by Gasteiger charge is -2.12. The van der Waals surface area contributed by atoms with Crippen molar-refractivity contribution in [1.82, 2.24) is 19.9 Å². The van der Waals surface area contributed by atoms with Crippen LogP contribution in [-0.2, 0) is 0 Å². The first-order chi connectivity index (χ1) is 14.0. The third-order valence-corrected chi connectivity index (χ3v) is 5.13. The molecule has 4 aromatic rings. The normalized spacial score (nSPS) is 10.9. The molecule has 1 amide bonds. The smallest absolute Gasteiger partial charge is 0.254 e. The first-order valence-electron chi connectivity index (χ1n) is 8.97. The lowest BCUT2D eigenvalue weighted by atomic mass is 10.0. The summed E-state index contributed by atoms with van der Waals surface area (Å²) in [7, 11) is 5.04. The number of fused-ring (bicyclic) bond motifs is 1. The quantitative estimate of drug-likeness (QED) is 0.535. The minimum Gasteiger partial charge on any atom is -0.496 e. The summed E-state index contributed by atoms with van der Waals surface area (Å²) < 4.78 is 5.51. The zero-order chi connectivity index (χ0) is 20.5. The second-order valence-corrected chi connectivity index (χ2v) is 7.15. The number of hydrogen-bond acceptors (Lipinski definition) is 4. The van der Waals surface area contributed by atoms with E-state index in [1.807, 2.05) is 30.5 Å². The number of para-hydroxylation sites is 1. The average molecular weight is 407 g/mol. The maximum atomic E-state index is 12.3. The van der Waals surface area contributed by atoms with Gasteiger partial charge in [-0.3, -0.25) is 9.78 Å². The number of rotatable bonds is 4. The first kappa shape index (κ1) is 19.0. The topological polar surface area (TPSA) is 71.1 Å². The van der Waals surface area contributed by atoms with Crippen molar-refractivity contribution in [3.05, 3.63) is 65.7 Å². The molecule has 0 saturated carbocycles. The summed E-state index contributed by atoms with van der Waals surface area (Å²) in [5, 5.41) is 1.33. The standard InChI is InChI=1S/C22H19ClN4O2/c1-27(2)22(28)14-8-13(9-24-10-14)16-11-25-21-19(20(16)23)17(12-26-21)15-6-4-5-7-18(15)29-3/h4-12H,1-3H3,(H,25,26). The molecule has 7 heteroatoms. The fraction of sp³-hybridized carbons (Fsp3) is 0.136. The number of nitrogens with zero attached hydrogens (tertiary/aromatic N) is 3. The Hall–Kier alpha value is -3.38. The van der Waals surface area contributed by atoms with Crippen molar-refractivity contribution in [3.63, 3.8) is 0 Å². The van der Waals surface area contributed by atoms with Gasteiger partial charge in [0, 0.05) is 66.5 Å². The van der Waals surface area contributed by atoms with Gasteiger partial charge in [-0.25, -0.2) is 4.98 Å². The van der Waals surface area contributed by atoms with Gasteiger partial charge in [0.05, 0.1) is 17.7 Å². The Morgan fingerprint density at radius 3 is 2.66 bits per heavy atom. The summed E-state index contributed by atoms with van der Waals surface area (Å²) in [6.07, 6.45) is 6.78. The largest absolute Gasteiger partial charge is 0.496 e. The minimum atomic E-state index is -0.124. The number of nitrogens with one attached hydrogen (secondary N) is 1. The summed E-state index contributed by atoms with van der Waals surface area (Å²) in [5.74, 6) is 0.621. The molecule has 0 spiro atoms. The van der Waals surface area contributed by atoms with Crippen molar-refractivity contribution in [2.45, 2.75) is 0 Å². The fourth-order valence-corrected chi connectivity index (χ4v) is 3.65. The van der Waals surface area contributed by atoms with Gasteiger partial charge in [0.2, 0.25) is 0 Å². The molecule has 0 saturated heterocycles. The lowest BCUT2D eigenvalue weighted by Crippen LogP contribution is -2.21. The molecule has 0 aliphatic carbocycles. The summed E-state index contributed by atoms with van der Waals surface area (Å²) >= 11 is 6.84. The number of H-pyrrole nitrogens is 1. The summed E-state index contributed by atoms with van der Waals surface area (Å²) in [6.45, 7) is 0. The van der Waals surface area contributed by atoms with Crippen LogP contribution in [0.3, 0.4) is 0 Å². The van der Waals surface area contributed by atoms with Crippen LogP contribution in [0.1, 0.15) is 10.4 Å². The van der Waals surface area contributed by atoms with E-state index < -0.39 is 0 Å². The number of carbonyl (C=O) groups is 1. The predicted octanol–water partition coefficient (Wildman–Crippen LogP) is 4.66. The molecule has 3 aromatic heterocycles. The Morgan fingerprint density at radius 2 is 1.90 bits per heavy atom. The molecule has 0 unspecified atom stereocenters. The molecule has 1 N–H and O–H groups in total. The van der Waals surface area contributed by atoms with E-state index in [-0.39, 0.29) is 5.91 Å². The molecule has 1 aromatic carbocycles. The number of aromatic amines is 1. The number of ether oxygens (including phenoxy) is 1. The molecule has 29 heavy (non-hydrogen) atoms. The van der Waals surface area contributed by atoms with Crippen LogP contribution in [0.2, 0.25) is 5.02 Å². The Morgan fingerprint density at radius 1 is 1.10 bits per heavy atom. The molecule has 0 aliphatic heterocycles. The molecule has 0 radical (unpaired) electrons. The Bertz CT molecular complexity index is 1220. The number of benzene rings is 1. The van der Waals surface area contributed by atoms with E-state index in [1.165, 1.54) is 4.90 Å². The van der Waals surface area contributed by atoms with Crippen LogP contribution in [0.5, 0.6) is 5.75 Å². The van der Waals surface area contributed by atoms with Crippen LogP contribution in [0, 0.1) is 0 Å². The van der Waals surface area contributed by atoms with E-state index in [2.05, 4.69) is 15.0 Å². The highest BCUT2D eigenvalue weighted by Crippen LogP contribution is 2.41. The highest BCUT2D eigenvalue weighted by atomic mass is 35.5. The Balaban J connectivity index is 1.90. The Kier molecular flexibility index (Phi) is 4.94. The second kappa shape index (κ2) is 7.56. The molecule has 4 rings (SSSR count). The van der Waals surface area contributed by atoms with Gasteiger partial charge in [0.25, 0.3) is 5.91 Å². The molecule has 0 fully saturated rings. The van der Waals surface area contributed by atoms with Crippen molar-refractivity contribution in [1.29, 1.82) is 0 Å². The monoisotopic (exact) mass is 406 g/mol. The van der Waals surface area contributed by atoms with E-state index in [0.717, 1.165) is 27.8 Å². The number of aromatic nitrogens is 3. The number of halogens is 1. The number of methoxy groups -OCH3 is 1. The van der Waals surface area contributed by atoms with Gasteiger partial charge >= 0.3 is 0 Å². The van der Waals surface area contributed by atoms with Crippen LogP contribution in [0.4, 0.5) is 0 Å². The van der Waals surface area contributed by atoms with Crippen LogP contribution >= 0.6 is 11.6 Å². The number of carbonyl (C=O) groups excluding carboxylic acids is 1. The SMILES string of the molecule is COc1ccccc1-c1c[nH]c2ncc(-c3cncc(C(=O)N(C)C)c3)c(Cl)c12. The maximum Gasteiger partial charge on any atom is 0.254 e. The third-order valence-electron chi connectivity index (χ3n) is 4.74. The molecular formula is C22H19ClN4O2. The van der Waals surface area contributed by atoms with Gasteiger partial charge < -0.3 is 14.6 Å². The second-order valence-electron chi connectivity index (χ2n) is 6.77. The molecule has 0 bridgehead atoms. The van der Waals surface area contributed by atoms with E-state index in [4.69, 9.17) is 16.3 Å². The first-order valence-corrected chi connectivity index (χ1v) is 9.35. The van der Waals surface area contributed by atoms with E-state index in [9.17, 15) is 4.79 Å². The highest BCUT2D eigenvalue weighted by Gasteiger charge is 2.18. The third kappa shape index (κ3) is 3.32. The molecule has 6 nitrogen and oxygen atoms in total. The minimum absolute atomic E-state index is 0.124. The summed E-state index contributed by atoms with van der Waals surface area (Å²) in [6, 6.07) is 9.52. The van der Waals surface area contributed by atoms with E-state index >= 15 is 0 Å². The molecule has 0 aliphatic rings. The Labute approximate surface area is 173 Å². The van der Waals surface area contributed by atoms with Gasteiger partial charge in [0.1, 0.15) is 11.4 Å². The molecule has 3 heterocycles. The van der Waals surface area contributed by atoms with E-state index in [1.54, 1.807) is 45.9 Å². The number of hydrogen-bond donors (Lipinski definition) is 1. The van der Waals surface area contributed by atoms with Crippen LogP contribution < -0.4 is 4.74 Å². The van der Waals surface area contributed by atoms with Gasteiger partial charge in [-0.05, 0) is 12.1 Å². The number of amides is 1. The van der Waals surface area contributed by atoms with Crippen molar-refractivity contribution >= 4 is 28.5 Å². The van der Waals surface area contributed by atoms with Gasteiger partial charge in [0.15, 0.2) is 0 Å². The average Bonchev–Trinajstić information content (AvgIpc) is 3.18. The number of pyridine rings is 2. The molecule has 146 valence electrons. The maximum absolute atomic E-state index is 12.3. The van der Waals surface area contributed by atoms with Crippen molar-refractivity contribution < 1.29 is 9.53 Å². The van der Waals surface area contributed by atoms with Crippen molar-refractivity contribution in [2.75, 3.05) is 21.2 Å². The summed E-state index contributed by atoms with van der Waals surface area (Å²) in [5.41, 5.74) is 4.40. The van der Waals surface area contributed by atoms with Gasteiger partial charge in [-0.1, -0.05) is 29.8 Å². The highest BCUT2D eigenvalue weighted by molar-refractivity contribution is 6.39.